The predicted molar refractivity (Wildman–Crippen MR) is 122 cm³/mol. The number of piperidine rings is 1. The van der Waals surface area contributed by atoms with Crippen molar-refractivity contribution in [1.29, 1.82) is 0 Å². The Morgan fingerprint density at radius 3 is 2.34 bits per heavy atom. The van der Waals surface area contributed by atoms with Gasteiger partial charge in [0.2, 0.25) is 0 Å². The van der Waals surface area contributed by atoms with Gasteiger partial charge in [0.1, 0.15) is 0 Å². The molecule has 2 aromatic rings. The number of aryl methyl sites for hydroxylation is 1. The van der Waals surface area contributed by atoms with Gasteiger partial charge < -0.3 is 14.6 Å². The lowest BCUT2D eigenvalue weighted by atomic mass is 9.79. The Morgan fingerprint density at radius 2 is 1.66 bits per heavy atom. The summed E-state index contributed by atoms with van der Waals surface area (Å²) in [6, 6.07) is 10.4. The van der Waals surface area contributed by atoms with E-state index in [9.17, 15) is 0 Å². The van der Waals surface area contributed by atoms with Gasteiger partial charge in [0.15, 0.2) is 0 Å². The molecule has 29 heavy (non-hydrogen) atoms. The number of fused-ring (bicyclic) bond motifs is 1. The summed E-state index contributed by atoms with van der Waals surface area (Å²) in [5.41, 5.74) is 2.87. The maximum atomic E-state index is 9.13. The Bertz CT molecular complexity index is 764. The topological polar surface area (TPSA) is 28.4 Å². The molecule has 1 saturated carbocycles. The van der Waals surface area contributed by atoms with E-state index in [0.29, 0.717) is 12.6 Å². The summed E-state index contributed by atoms with van der Waals surface area (Å²) in [5, 5.41) is 10.5. The fourth-order valence-corrected chi connectivity index (χ4v) is 5.87. The van der Waals surface area contributed by atoms with Gasteiger partial charge in [-0.3, -0.25) is 0 Å². The maximum absolute atomic E-state index is 9.13. The summed E-state index contributed by atoms with van der Waals surface area (Å²) in [4.78, 5) is 2.81. The number of para-hydroxylation sites is 1. The highest BCUT2D eigenvalue weighted by molar-refractivity contribution is 5.84. The van der Waals surface area contributed by atoms with E-state index in [1.807, 2.05) is 0 Å². The number of rotatable bonds is 7. The zero-order valence-corrected chi connectivity index (χ0v) is 18.5. The number of benzene rings is 1. The molecule has 3 nitrogen and oxygen atoms in total. The van der Waals surface area contributed by atoms with Crippen molar-refractivity contribution in [3.05, 3.63) is 36.0 Å². The van der Waals surface area contributed by atoms with Gasteiger partial charge in [-0.15, -0.1) is 0 Å². The molecule has 1 aliphatic carbocycles. The number of hydrogen-bond acceptors (Lipinski definition) is 2. The van der Waals surface area contributed by atoms with Crippen LogP contribution >= 0.6 is 0 Å². The molecular weight excluding hydrogens is 356 g/mol. The van der Waals surface area contributed by atoms with Gasteiger partial charge in [-0.05, 0) is 81.3 Å². The van der Waals surface area contributed by atoms with E-state index in [1.54, 1.807) is 0 Å². The lowest BCUT2D eigenvalue weighted by molar-refractivity contribution is 0.0894. The highest BCUT2D eigenvalue weighted by Crippen LogP contribution is 2.36. The number of hydrogen-bond donors (Lipinski definition) is 1. The second-order valence-electron chi connectivity index (χ2n) is 9.84. The SMILES string of the molecule is CC(C)C1CCC(N2CCC(n3cc(CCCCO)c4ccccc43)CC2)CC1. The van der Waals surface area contributed by atoms with Crippen molar-refractivity contribution in [2.45, 2.75) is 83.7 Å². The van der Waals surface area contributed by atoms with Crippen molar-refractivity contribution in [3.8, 4) is 0 Å². The Kier molecular flexibility index (Phi) is 6.97. The van der Waals surface area contributed by atoms with Crippen LogP contribution in [0.1, 0.15) is 76.8 Å². The van der Waals surface area contributed by atoms with Crippen molar-refractivity contribution < 1.29 is 5.11 Å². The Labute approximate surface area is 177 Å². The van der Waals surface area contributed by atoms with E-state index in [2.05, 4.69) is 53.8 Å². The van der Waals surface area contributed by atoms with Gasteiger partial charge >= 0.3 is 0 Å². The molecule has 1 aliphatic heterocycles. The first kappa shape index (κ1) is 20.9. The maximum Gasteiger partial charge on any atom is 0.0485 e. The number of aliphatic hydroxyl groups is 1. The smallest absolute Gasteiger partial charge is 0.0485 e. The molecular formula is C26H40N2O. The van der Waals surface area contributed by atoms with Crippen LogP contribution in [0.25, 0.3) is 10.9 Å². The minimum absolute atomic E-state index is 0.302. The van der Waals surface area contributed by atoms with E-state index in [4.69, 9.17) is 5.11 Å². The monoisotopic (exact) mass is 396 g/mol. The van der Waals surface area contributed by atoms with Crippen LogP contribution < -0.4 is 0 Å². The average Bonchev–Trinajstić information content (AvgIpc) is 3.13. The van der Waals surface area contributed by atoms with Gasteiger partial charge in [0.25, 0.3) is 0 Å². The number of aliphatic hydroxyl groups excluding tert-OH is 1. The lowest BCUT2D eigenvalue weighted by Crippen LogP contribution is -2.43. The van der Waals surface area contributed by atoms with Crippen LogP contribution in [0, 0.1) is 11.8 Å². The second kappa shape index (κ2) is 9.66. The molecule has 0 atom stereocenters. The molecule has 2 fully saturated rings. The third kappa shape index (κ3) is 4.72. The van der Waals surface area contributed by atoms with Gasteiger partial charge in [0, 0.05) is 48.9 Å². The predicted octanol–water partition coefficient (Wildman–Crippen LogP) is 5.81. The molecule has 0 radical (unpaired) electrons. The number of aromatic nitrogens is 1. The van der Waals surface area contributed by atoms with Crippen LogP contribution in [0.2, 0.25) is 0 Å². The van der Waals surface area contributed by atoms with Crippen LogP contribution in [0.4, 0.5) is 0 Å². The van der Waals surface area contributed by atoms with E-state index in [0.717, 1.165) is 37.1 Å². The minimum Gasteiger partial charge on any atom is -0.396 e. The molecule has 0 spiro atoms. The van der Waals surface area contributed by atoms with Crippen LogP contribution in [0.15, 0.2) is 30.5 Å². The van der Waals surface area contributed by atoms with E-state index in [1.165, 1.54) is 68.1 Å². The molecule has 3 heteroatoms. The van der Waals surface area contributed by atoms with Crippen LogP contribution in [0.5, 0.6) is 0 Å². The summed E-state index contributed by atoms with van der Waals surface area (Å²) in [6.45, 7) is 7.62. The first-order valence-corrected chi connectivity index (χ1v) is 12.1. The van der Waals surface area contributed by atoms with E-state index >= 15 is 0 Å². The fraction of sp³-hybridized carbons (Fsp3) is 0.692. The Hall–Kier alpha value is -1.32. The van der Waals surface area contributed by atoms with Gasteiger partial charge in [-0.2, -0.15) is 0 Å². The van der Waals surface area contributed by atoms with Gasteiger partial charge in [-0.1, -0.05) is 32.0 Å². The van der Waals surface area contributed by atoms with Crippen molar-refractivity contribution in [1.82, 2.24) is 9.47 Å². The molecule has 4 rings (SSSR count). The third-order valence-corrected chi connectivity index (χ3v) is 7.77. The molecule has 2 aliphatic rings. The molecule has 160 valence electrons. The number of likely N-dealkylation sites (tertiary alicyclic amines) is 1. The quantitative estimate of drug-likeness (QED) is 0.598. The normalized spacial score (nSPS) is 24.6. The van der Waals surface area contributed by atoms with E-state index in [-0.39, 0.29) is 0 Å². The molecule has 1 N–H and O–H groups in total. The first-order chi connectivity index (χ1) is 14.2. The zero-order valence-electron chi connectivity index (χ0n) is 18.5. The average molecular weight is 397 g/mol. The van der Waals surface area contributed by atoms with Crippen LogP contribution in [-0.4, -0.2) is 40.3 Å². The molecule has 2 heterocycles. The third-order valence-electron chi connectivity index (χ3n) is 7.77. The lowest BCUT2D eigenvalue weighted by Gasteiger charge is -2.42. The second-order valence-corrected chi connectivity index (χ2v) is 9.84. The zero-order chi connectivity index (χ0) is 20.2. The molecule has 0 bridgehead atoms. The molecule has 1 saturated heterocycles. The van der Waals surface area contributed by atoms with Crippen molar-refractivity contribution in [3.63, 3.8) is 0 Å². The van der Waals surface area contributed by atoms with Crippen LogP contribution in [0.3, 0.4) is 0 Å². The highest BCUT2D eigenvalue weighted by atomic mass is 16.2. The largest absolute Gasteiger partial charge is 0.396 e. The van der Waals surface area contributed by atoms with Crippen molar-refractivity contribution >= 4 is 10.9 Å². The molecule has 0 unspecified atom stereocenters. The number of nitrogens with zero attached hydrogens (tertiary/aromatic N) is 2. The van der Waals surface area contributed by atoms with Gasteiger partial charge in [0.05, 0.1) is 0 Å². The van der Waals surface area contributed by atoms with Gasteiger partial charge in [-0.25, -0.2) is 0 Å². The van der Waals surface area contributed by atoms with Crippen LogP contribution in [-0.2, 0) is 6.42 Å². The first-order valence-electron chi connectivity index (χ1n) is 12.1. The standard InChI is InChI=1S/C26H40N2O/c1-20(2)21-10-12-23(13-11-21)27-16-14-24(15-17-27)28-19-22(7-5-6-18-29)25-8-3-4-9-26(25)28/h3-4,8-9,19-21,23-24,29H,5-7,10-18H2,1-2H3. The van der Waals surface area contributed by atoms with E-state index < -0.39 is 0 Å². The summed E-state index contributed by atoms with van der Waals surface area (Å²) >= 11 is 0. The Morgan fingerprint density at radius 1 is 0.931 bits per heavy atom. The summed E-state index contributed by atoms with van der Waals surface area (Å²) in [6.07, 6.45) is 13.7. The summed E-state index contributed by atoms with van der Waals surface area (Å²) in [5.74, 6) is 1.81. The molecule has 1 aromatic carbocycles. The summed E-state index contributed by atoms with van der Waals surface area (Å²) < 4.78 is 2.58. The minimum atomic E-state index is 0.302. The van der Waals surface area contributed by atoms with Crippen molar-refractivity contribution in [2.24, 2.45) is 11.8 Å². The Balaban J connectivity index is 1.39. The number of unbranched alkanes of at least 4 members (excludes halogenated alkanes) is 1. The van der Waals surface area contributed by atoms with Crippen molar-refractivity contribution in [2.75, 3.05) is 19.7 Å². The fourth-order valence-electron chi connectivity index (χ4n) is 5.87. The highest BCUT2D eigenvalue weighted by Gasteiger charge is 2.30. The summed E-state index contributed by atoms with van der Waals surface area (Å²) in [7, 11) is 0. The molecule has 0 amide bonds. The molecule has 1 aromatic heterocycles.